The van der Waals surface area contributed by atoms with E-state index in [4.69, 9.17) is 0 Å². The van der Waals surface area contributed by atoms with Gasteiger partial charge in [0.2, 0.25) is 0 Å². The van der Waals surface area contributed by atoms with Gasteiger partial charge in [-0.3, -0.25) is 16.0 Å². The maximum atomic E-state index is 3.63. The first kappa shape index (κ1) is 12.4. The van der Waals surface area contributed by atoms with Crippen LogP contribution in [0.3, 0.4) is 0 Å². The van der Waals surface area contributed by atoms with Gasteiger partial charge in [0.25, 0.3) is 0 Å². The smallest absolute Gasteiger partial charge is 0.112 e. The van der Waals surface area contributed by atoms with E-state index in [0.717, 1.165) is 13.1 Å². The Morgan fingerprint density at radius 3 is 1.74 bits per heavy atom. The Labute approximate surface area is 114 Å². The predicted octanol–water partition coefficient (Wildman–Crippen LogP) is 1.84. The lowest BCUT2D eigenvalue weighted by molar-refractivity contribution is 0.412. The summed E-state index contributed by atoms with van der Waals surface area (Å²) >= 11 is 0. The quantitative estimate of drug-likeness (QED) is 0.778. The molecule has 0 atom stereocenters. The maximum absolute atomic E-state index is 3.63. The van der Waals surface area contributed by atoms with Gasteiger partial charge >= 0.3 is 0 Å². The van der Waals surface area contributed by atoms with Gasteiger partial charge in [0.05, 0.1) is 6.04 Å². The summed E-state index contributed by atoms with van der Waals surface area (Å²) in [6.45, 7) is 2.02. The normalized spacial score (nSPS) is 16.1. The van der Waals surface area contributed by atoms with Crippen LogP contribution in [-0.4, -0.2) is 19.4 Å². The highest BCUT2D eigenvalue weighted by atomic mass is 15.3. The molecule has 0 spiro atoms. The van der Waals surface area contributed by atoms with Gasteiger partial charge in [-0.15, -0.1) is 0 Å². The van der Waals surface area contributed by atoms with Crippen molar-refractivity contribution in [3.8, 4) is 0 Å². The van der Waals surface area contributed by atoms with Crippen LogP contribution in [-0.2, 0) is 0 Å². The van der Waals surface area contributed by atoms with Crippen LogP contribution in [0, 0.1) is 0 Å². The van der Waals surface area contributed by atoms with E-state index in [1.54, 1.807) is 0 Å². The molecule has 1 aliphatic rings. The molecule has 0 amide bonds. The fourth-order valence-corrected chi connectivity index (χ4v) is 2.47. The van der Waals surface area contributed by atoms with E-state index in [-0.39, 0.29) is 12.3 Å². The molecular weight excluding hydrogens is 234 g/mol. The summed E-state index contributed by atoms with van der Waals surface area (Å²) in [5.74, 6) is 0. The zero-order chi connectivity index (χ0) is 12.9. The van der Waals surface area contributed by atoms with Crippen molar-refractivity contribution in [3.05, 3.63) is 71.8 Å². The van der Waals surface area contributed by atoms with Crippen LogP contribution in [0.2, 0.25) is 0 Å². The number of rotatable bonds is 4. The first-order valence-corrected chi connectivity index (χ1v) is 6.76. The SMILES string of the molecule is c1ccc(C(NC2NCCN2)c2ccccc2)cc1. The van der Waals surface area contributed by atoms with Crippen LogP contribution in [0.1, 0.15) is 17.2 Å². The van der Waals surface area contributed by atoms with Gasteiger partial charge in [0.1, 0.15) is 6.29 Å². The molecule has 19 heavy (non-hydrogen) atoms. The van der Waals surface area contributed by atoms with E-state index in [9.17, 15) is 0 Å². The van der Waals surface area contributed by atoms with Gasteiger partial charge in [-0.1, -0.05) is 60.7 Å². The zero-order valence-electron chi connectivity index (χ0n) is 10.8. The van der Waals surface area contributed by atoms with Gasteiger partial charge in [-0.25, -0.2) is 0 Å². The summed E-state index contributed by atoms with van der Waals surface area (Å²) in [6, 6.07) is 21.3. The first-order valence-electron chi connectivity index (χ1n) is 6.76. The Kier molecular flexibility index (Phi) is 3.89. The standard InChI is InChI=1S/C16H19N3/c1-3-7-13(8-4-1)15(14-9-5-2-6-10-14)19-16-17-11-12-18-16/h1-10,15-19H,11-12H2. The van der Waals surface area contributed by atoms with Gasteiger partial charge in [-0.05, 0) is 11.1 Å². The third kappa shape index (κ3) is 3.01. The molecule has 1 aliphatic heterocycles. The number of hydrogen-bond acceptors (Lipinski definition) is 3. The second kappa shape index (κ2) is 5.97. The van der Waals surface area contributed by atoms with Crippen molar-refractivity contribution in [1.29, 1.82) is 0 Å². The molecule has 98 valence electrons. The van der Waals surface area contributed by atoms with Gasteiger partial charge < -0.3 is 0 Å². The second-order valence-electron chi connectivity index (χ2n) is 4.76. The van der Waals surface area contributed by atoms with Crippen LogP contribution in [0.25, 0.3) is 0 Å². The molecular formula is C16H19N3. The van der Waals surface area contributed by atoms with Crippen LogP contribution in [0.5, 0.6) is 0 Å². The Morgan fingerprint density at radius 1 is 0.789 bits per heavy atom. The minimum absolute atomic E-state index is 0.172. The number of hydrogen-bond donors (Lipinski definition) is 3. The minimum Gasteiger partial charge on any atom is -0.288 e. The molecule has 0 aromatic heterocycles. The predicted molar refractivity (Wildman–Crippen MR) is 77.7 cm³/mol. The Morgan fingerprint density at radius 2 is 1.26 bits per heavy atom. The lowest BCUT2D eigenvalue weighted by atomic mass is 9.99. The summed E-state index contributed by atoms with van der Waals surface area (Å²) < 4.78 is 0. The van der Waals surface area contributed by atoms with Crippen molar-refractivity contribution in [1.82, 2.24) is 16.0 Å². The molecule has 0 bridgehead atoms. The maximum Gasteiger partial charge on any atom is 0.112 e. The van der Waals surface area contributed by atoms with Crippen molar-refractivity contribution in [2.75, 3.05) is 13.1 Å². The molecule has 3 N–H and O–H groups in total. The molecule has 3 nitrogen and oxygen atoms in total. The molecule has 2 aromatic carbocycles. The monoisotopic (exact) mass is 253 g/mol. The van der Waals surface area contributed by atoms with Gasteiger partial charge in [0.15, 0.2) is 0 Å². The van der Waals surface area contributed by atoms with Crippen LogP contribution in [0.4, 0.5) is 0 Å². The summed E-state index contributed by atoms with van der Waals surface area (Å²) in [5, 5.41) is 10.4. The van der Waals surface area contributed by atoms with Crippen molar-refractivity contribution in [2.24, 2.45) is 0 Å². The van der Waals surface area contributed by atoms with E-state index in [1.807, 2.05) is 0 Å². The van der Waals surface area contributed by atoms with Crippen molar-refractivity contribution in [3.63, 3.8) is 0 Å². The average Bonchev–Trinajstić information content (AvgIpc) is 3.00. The third-order valence-electron chi connectivity index (χ3n) is 3.42. The second-order valence-corrected chi connectivity index (χ2v) is 4.76. The molecule has 3 rings (SSSR count). The van der Waals surface area contributed by atoms with E-state index in [1.165, 1.54) is 11.1 Å². The average molecular weight is 253 g/mol. The topological polar surface area (TPSA) is 36.1 Å². The van der Waals surface area contributed by atoms with Crippen LogP contribution >= 0.6 is 0 Å². The van der Waals surface area contributed by atoms with E-state index < -0.39 is 0 Å². The van der Waals surface area contributed by atoms with E-state index in [2.05, 4.69) is 76.6 Å². The Bertz CT molecular complexity index is 452. The van der Waals surface area contributed by atoms with Crippen molar-refractivity contribution < 1.29 is 0 Å². The molecule has 0 aliphatic carbocycles. The molecule has 3 heteroatoms. The minimum atomic E-state index is 0.172. The summed E-state index contributed by atoms with van der Waals surface area (Å²) in [5.41, 5.74) is 2.56. The molecule has 0 unspecified atom stereocenters. The zero-order valence-corrected chi connectivity index (χ0v) is 10.8. The summed E-state index contributed by atoms with van der Waals surface area (Å²) in [4.78, 5) is 0. The van der Waals surface area contributed by atoms with E-state index >= 15 is 0 Å². The van der Waals surface area contributed by atoms with Gasteiger partial charge in [0, 0.05) is 13.1 Å². The van der Waals surface area contributed by atoms with E-state index in [0.29, 0.717) is 0 Å². The fourth-order valence-electron chi connectivity index (χ4n) is 2.47. The highest BCUT2D eigenvalue weighted by molar-refractivity contribution is 5.31. The summed E-state index contributed by atoms with van der Waals surface area (Å²) in [7, 11) is 0. The molecule has 0 saturated carbocycles. The fraction of sp³-hybridized carbons (Fsp3) is 0.250. The molecule has 1 fully saturated rings. The third-order valence-corrected chi connectivity index (χ3v) is 3.42. The number of nitrogens with one attached hydrogen (secondary N) is 3. The highest BCUT2D eigenvalue weighted by Crippen LogP contribution is 2.21. The van der Waals surface area contributed by atoms with Crippen molar-refractivity contribution in [2.45, 2.75) is 12.3 Å². The van der Waals surface area contributed by atoms with Gasteiger partial charge in [-0.2, -0.15) is 0 Å². The van der Waals surface area contributed by atoms with Crippen molar-refractivity contribution >= 4 is 0 Å². The largest absolute Gasteiger partial charge is 0.288 e. The molecule has 1 heterocycles. The highest BCUT2D eigenvalue weighted by Gasteiger charge is 2.20. The molecule has 2 aromatic rings. The Hall–Kier alpha value is -1.68. The lowest BCUT2D eigenvalue weighted by Crippen LogP contribution is -2.47. The number of benzene rings is 2. The Balaban J connectivity index is 1.87. The first-order chi connectivity index (χ1) is 9.43. The van der Waals surface area contributed by atoms with Crippen LogP contribution in [0.15, 0.2) is 60.7 Å². The lowest BCUT2D eigenvalue weighted by Gasteiger charge is -2.24. The molecule has 0 radical (unpaired) electrons. The van der Waals surface area contributed by atoms with Crippen LogP contribution < -0.4 is 16.0 Å². The summed E-state index contributed by atoms with van der Waals surface area (Å²) in [6.07, 6.45) is 0.172. The molecule has 1 saturated heterocycles.